The van der Waals surface area contributed by atoms with Gasteiger partial charge in [-0.25, -0.2) is 4.79 Å². The van der Waals surface area contributed by atoms with Crippen molar-refractivity contribution in [2.24, 2.45) is 0 Å². The monoisotopic (exact) mass is 398 g/mol. The number of benzene rings is 1. The molecule has 2 aliphatic rings. The largest absolute Gasteiger partial charge is 0.337 e. The molecule has 148 valence electrons. The average Bonchev–Trinajstić information content (AvgIpc) is 3.29. The summed E-state index contributed by atoms with van der Waals surface area (Å²) in [5, 5.41) is 4.94. The Balaban J connectivity index is 1.44. The summed E-state index contributed by atoms with van der Waals surface area (Å²) in [4.78, 5) is 32.6. The van der Waals surface area contributed by atoms with Gasteiger partial charge in [-0.15, -0.1) is 11.3 Å². The number of aryl methyl sites for hydroxylation is 1. The third-order valence-corrected chi connectivity index (χ3v) is 6.30. The van der Waals surface area contributed by atoms with Crippen molar-refractivity contribution in [3.05, 3.63) is 51.7 Å². The molecule has 6 nitrogen and oxygen atoms in total. The molecule has 3 amide bonds. The molecule has 2 saturated heterocycles. The molecule has 0 unspecified atom stereocenters. The van der Waals surface area contributed by atoms with Crippen molar-refractivity contribution in [2.45, 2.75) is 19.9 Å². The number of thiophene rings is 1. The minimum absolute atomic E-state index is 0.0545. The van der Waals surface area contributed by atoms with Crippen LogP contribution in [-0.2, 0) is 6.54 Å². The van der Waals surface area contributed by atoms with Crippen molar-refractivity contribution < 1.29 is 9.59 Å². The van der Waals surface area contributed by atoms with Gasteiger partial charge in [0.15, 0.2) is 0 Å². The zero-order valence-electron chi connectivity index (χ0n) is 16.2. The molecule has 2 aliphatic heterocycles. The van der Waals surface area contributed by atoms with E-state index in [0.717, 1.165) is 50.4 Å². The number of urea groups is 1. The lowest BCUT2D eigenvalue weighted by Gasteiger charge is -2.23. The van der Waals surface area contributed by atoms with E-state index < -0.39 is 0 Å². The molecule has 0 bridgehead atoms. The molecule has 1 N–H and O–H groups in total. The Hall–Kier alpha value is -2.38. The molecule has 0 saturated carbocycles. The fourth-order valence-electron chi connectivity index (χ4n) is 3.87. The number of carbonyl (C=O) groups is 2. The molecule has 7 heteroatoms. The van der Waals surface area contributed by atoms with Gasteiger partial charge in [-0.3, -0.25) is 14.6 Å². The maximum atomic E-state index is 13.1. The van der Waals surface area contributed by atoms with Gasteiger partial charge in [-0.2, -0.15) is 0 Å². The van der Waals surface area contributed by atoms with Crippen LogP contribution in [0.25, 0.3) is 0 Å². The molecule has 0 spiro atoms. The Bertz CT molecular complexity index is 852. The van der Waals surface area contributed by atoms with E-state index in [1.54, 1.807) is 16.2 Å². The molecular formula is C21H26N4O2S. The molecule has 2 aromatic rings. The molecular weight excluding hydrogens is 372 g/mol. The van der Waals surface area contributed by atoms with Crippen molar-refractivity contribution in [1.29, 1.82) is 0 Å². The second-order valence-electron chi connectivity index (χ2n) is 7.39. The third kappa shape index (κ3) is 4.05. The zero-order valence-corrected chi connectivity index (χ0v) is 17.0. The van der Waals surface area contributed by atoms with Crippen LogP contribution < -0.4 is 10.2 Å². The van der Waals surface area contributed by atoms with Gasteiger partial charge in [0.05, 0.1) is 0 Å². The van der Waals surface area contributed by atoms with E-state index in [2.05, 4.69) is 27.7 Å². The van der Waals surface area contributed by atoms with Crippen molar-refractivity contribution in [3.63, 3.8) is 0 Å². The van der Waals surface area contributed by atoms with Crippen LogP contribution in [0.5, 0.6) is 0 Å². The minimum Gasteiger partial charge on any atom is -0.337 e. The Kier molecular flexibility index (Phi) is 5.64. The summed E-state index contributed by atoms with van der Waals surface area (Å²) >= 11 is 1.78. The molecule has 0 atom stereocenters. The van der Waals surface area contributed by atoms with Crippen LogP contribution in [0.3, 0.4) is 0 Å². The fourth-order valence-corrected chi connectivity index (χ4v) is 4.62. The van der Waals surface area contributed by atoms with E-state index in [4.69, 9.17) is 0 Å². The standard InChI is InChI=1S/C21H26N4O2S/c1-16-5-6-17(14-19(16)25-10-7-22-21(25)27)20(26)24-9-3-8-23(11-12-24)15-18-4-2-13-28-18/h2,4-6,13-14H,3,7-12,15H2,1H3,(H,22,27). The molecule has 0 aliphatic carbocycles. The number of anilines is 1. The first-order chi connectivity index (χ1) is 13.6. The lowest BCUT2D eigenvalue weighted by molar-refractivity contribution is 0.0761. The van der Waals surface area contributed by atoms with Crippen LogP contribution in [-0.4, -0.2) is 61.0 Å². The summed E-state index contributed by atoms with van der Waals surface area (Å²) < 4.78 is 0. The molecule has 3 heterocycles. The van der Waals surface area contributed by atoms with Gasteiger partial charge < -0.3 is 10.2 Å². The van der Waals surface area contributed by atoms with E-state index in [-0.39, 0.29) is 11.9 Å². The highest BCUT2D eigenvalue weighted by atomic mass is 32.1. The van der Waals surface area contributed by atoms with Gasteiger partial charge in [0.2, 0.25) is 0 Å². The third-order valence-electron chi connectivity index (χ3n) is 5.44. The van der Waals surface area contributed by atoms with Crippen molar-refractivity contribution in [2.75, 3.05) is 44.2 Å². The van der Waals surface area contributed by atoms with Gasteiger partial charge >= 0.3 is 6.03 Å². The predicted molar refractivity (Wildman–Crippen MR) is 112 cm³/mol. The number of amides is 3. The maximum absolute atomic E-state index is 13.1. The van der Waals surface area contributed by atoms with Gasteiger partial charge in [-0.05, 0) is 42.5 Å². The summed E-state index contributed by atoms with van der Waals surface area (Å²) in [5.41, 5.74) is 2.49. The number of hydrogen-bond donors (Lipinski definition) is 1. The van der Waals surface area contributed by atoms with E-state index in [1.807, 2.05) is 30.0 Å². The molecule has 28 heavy (non-hydrogen) atoms. The second kappa shape index (κ2) is 8.32. The smallest absolute Gasteiger partial charge is 0.322 e. The van der Waals surface area contributed by atoms with Crippen LogP contribution in [0.2, 0.25) is 0 Å². The summed E-state index contributed by atoms with van der Waals surface area (Å²) in [5.74, 6) is 0.0545. The summed E-state index contributed by atoms with van der Waals surface area (Å²) in [6.07, 6.45) is 0.977. The molecule has 1 aromatic carbocycles. The normalized spacial score (nSPS) is 18.2. The van der Waals surface area contributed by atoms with E-state index in [0.29, 0.717) is 18.7 Å². The first-order valence-corrected chi connectivity index (χ1v) is 10.7. The first kappa shape index (κ1) is 19.0. The summed E-state index contributed by atoms with van der Waals surface area (Å²) in [6.45, 7) is 7.61. The molecule has 0 radical (unpaired) electrons. The quantitative estimate of drug-likeness (QED) is 0.862. The predicted octanol–water partition coefficient (Wildman–Crippen LogP) is 2.93. The van der Waals surface area contributed by atoms with E-state index >= 15 is 0 Å². The Morgan fingerprint density at radius 2 is 2.04 bits per heavy atom. The Labute approximate surface area is 169 Å². The lowest BCUT2D eigenvalue weighted by Crippen LogP contribution is -2.35. The van der Waals surface area contributed by atoms with Gasteiger partial charge in [0.25, 0.3) is 5.91 Å². The molecule has 1 aromatic heterocycles. The highest BCUT2D eigenvalue weighted by Gasteiger charge is 2.25. The highest BCUT2D eigenvalue weighted by Crippen LogP contribution is 2.24. The highest BCUT2D eigenvalue weighted by molar-refractivity contribution is 7.09. The second-order valence-corrected chi connectivity index (χ2v) is 8.42. The number of nitrogens with one attached hydrogen (secondary N) is 1. The van der Waals surface area contributed by atoms with Crippen molar-refractivity contribution in [1.82, 2.24) is 15.1 Å². The summed E-state index contributed by atoms with van der Waals surface area (Å²) in [6, 6.07) is 9.85. The SMILES string of the molecule is Cc1ccc(C(=O)N2CCCN(Cc3cccs3)CC2)cc1N1CCNC1=O. The van der Waals surface area contributed by atoms with Crippen molar-refractivity contribution >= 4 is 29.0 Å². The Morgan fingerprint density at radius 3 is 2.79 bits per heavy atom. The number of nitrogens with zero attached hydrogens (tertiary/aromatic N) is 3. The van der Waals surface area contributed by atoms with Crippen LogP contribution in [0.15, 0.2) is 35.7 Å². The number of rotatable bonds is 4. The number of carbonyl (C=O) groups excluding carboxylic acids is 2. The van der Waals surface area contributed by atoms with Crippen LogP contribution in [0.1, 0.15) is 27.2 Å². The topological polar surface area (TPSA) is 55.9 Å². The minimum atomic E-state index is -0.0910. The van der Waals surface area contributed by atoms with E-state index in [1.165, 1.54) is 4.88 Å². The molecule has 2 fully saturated rings. The van der Waals surface area contributed by atoms with Crippen LogP contribution in [0.4, 0.5) is 10.5 Å². The maximum Gasteiger partial charge on any atom is 0.322 e. The van der Waals surface area contributed by atoms with Crippen LogP contribution >= 0.6 is 11.3 Å². The van der Waals surface area contributed by atoms with Crippen LogP contribution in [0, 0.1) is 6.92 Å². The average molecular weight is 399 g/mol. The van der Waals surface area contributed by atoms with E-state index in [9.17, 15) is 9.59 Å². The first-order valence-electron chi connectivity index (χ1n) is 9.82. The fraction of sp³-hybridized carbons (Fsp3) is 0.429. The Morgan fingerprint density at radius 1 is 1.14 bits per heavy atom. The van der Waals surface area contributed by atoms with Crippen molar-refractivity contribution in [3.8, 4) is 0 Å². The zero-order chi connectivity index (χ0) is 19.5. The van der Waals surface area contributed by atoms with Gasteiger partial charge in [0.1, 0.15) is 0 Å². The lowest BCUT2D eigenvalue weighted by atomic mass is 10.1. The van der Waals surface area contributed by atoms with Gasteiger partial charge in [0, 0.05) is 61.9 Å². The number of hydrogen-bond acceptors (Lipinski definition) is 4. The molecule has 4 rings (SSSR count). The summed E-state index contributed by atoms with van der Waals surface area (Å²) in [7, 11) is 0. The van der Waals surface area contributed by atoms with Gasteiger partial charge in [-0.1, -0.05) is 12.1 Å².